The van der Waals surface area contributed by atoms with Gasteiger partial charge >= 0.3 is 0 Å². The van der Waals surface area contributed by atoms with Crippen molar-refractivity contribution in [2.24, 2.45) is 5.92 Å². The molecular weight excluding hydrogens is 362 g/mol. The van der Waals surface area contributed by atoms with Crippen molar-refractivity contribution in [1.82, 2.24) is 4.90 Å². The first kappa shape index (κ1) is 19.7. The molecule has 0 radical (unpaired) electrons. The molecule has 1 saturated heterocycles. The van der Waals surface area contributed by atoms with Gasteiger partial charge in [-0.2, -0.15) is 0 Å². The van der Waals surface area contributed by atoms with Gasteiger partial charge in [-0.15, -0.1) is 0 Å². The van der Waals surface area contributed by atoms with E-state index in [1.165, 1.54) is 0 Å². The van der Waals surface area contributed by atoms with Gasteiger partial charge in [0.2, 0.25) is 0 Å². The van der Waals surface area contributed by atoms with Gasteiger partial charge < -0.3 is 14.4 Å². The average Bonchev–Trinajstić information content (AvgIpc) is 2.72. The van der Waals surface area contributed by atoms with Crippen LogP contribution in [0, 0.1) is 5.92 Å². The molecule has 1 heterocycles. The van der Waals surface area contributed by atoms with Crippen molar-refractivity contribution in [3.63, 3.8) is 0 Å². The molecule has 4 nitrogen and oxygen atoms in total. The predicted octanol–water partition coefficient (Wildman–Crippen LogP) is 4.81. The van der Waals surface area contributed by atoms with Crippen molar-refractivity contribution in [1.29, 1.82) is 0 Å². The second-order valence-electron chi connectivity index (χ2n) is 6.83. The molecule has 27 heavy (non-hydrogen) atoms. The quantitative estimate of drug-likeness (QED) is 0.684. The number of benzene rings is 2. The summed E-state index contributed by atoms with van der Waals surface area (Å²) in [7, 11) is 0. The molecule has 0 aromatic heterocycles. The van der Waals surface area contributed by atoms with Crippen LogP contribution in [0.5, 0.6) is 5.75 Å². The molecular formula is C22H26ClNO3. The van der Waals surface area contributed by atoms with E-state index in [2.05, 4.69) is 0 Å². The zero-order valence-electron chi connectivity index (χ0n) is 15.7. The number of amides is 1. The topological polar surface area (TPSA) is 38.8 Å². The number of nitrogens with zero attached hydrogens (tertiary/aromatic N) is 1. The van der Waals surface area contributed by atoms with Crippen LogP contribution in [0.3, 0.4) is 0 Å². The Hall–Kier alpha value is -2.04. The predicted molar refractivity (Wildman–Crippen MR) is 107 cm³/mol. The summed E-state index contributed by atoms with van der Waals surface area (Å²) in [5.74, 6) is 1.05. The molecule has 1 atom stereocenters. The third-order valence-electron chi connectivity index (χ3n) is 4.79. The summed E-state index contributed by atoms with van der Waals surface area (Å²) < 4.78 is 11.5. The van der Waals surface area contributed by atoms with E-state index in [0.29, 0.717) is 35.5 Å². The Morgan fingerprint density at radius 3 is 2.74 bits per heavy atom. The maximum Gasteiger partial charge on any atom is 0.257 e. The van der Waals surface area contributed by atoms with Gasteiger partial charge in [0, 0.05) is 24.7 Å². The van der Waals surface area contributed by atoms with Crippen molar-refractivity contribution >= 4 is 17.5 Å². The van der Waals surface area contributed by atoms with Crippen LogP contribution < -0.4 is 4.74 Å². The van der Waals surface area contributed by atoms with Crippen LogP contribution in [0.25, 0.3) is 0 Å². The van der Waals surface area contributed by atoms with E-state index in [0.717, 1.165) is 38.1 Å². The number of carbonyl (C=O) groups is 1. The van der Waals surface area contributed by atoms with Crippen LogP contribution in [0.1, 0.15) is 35.7 Å². The van der Waals surface area contributed by atoms with Crippen LogP contribution in [0.4, 0.5) is 0 Å². The zero-order chi connectivity index (χ0) is 19.1. The molecule has 1 fully saturated rings. The summed E-state index contributed by atoms with van der Waals surface area (Å²) in [5.41, 5.74) is 1.62. The Morgan fingerprint density at radius 2 is 1.96 bits per heavy atom. The third-order valence-corrected chi connectivity index (χ3v) is 5.04. The fourth-order valence-corrected chi connectivity index (χ4v) is 3.48. The maximum absolute atomic E-state index is 13.1. The fraction of sp³-hybridized carbons (Fsp3) is 0.409. The summed E-state index contributed by atoms with van der Waals surface area (Å²) in [6, 6.07) is 15.0. The fourth-order valence-electron chi connectivity index (χ4n) is 3.35. The third kappa shape index (κ3) is 5.47. The van der Waals surface area contributed by atoms with Gasteiger partial charge in [0.1, 0.15) is 12.4 Å². The first-order valence-corrected chi connectivity index (χ1v) is 9.88. The van der Waals surface area contributed by atoms with Gasteiger partial charge in [-0.3, -0.25) is 4.79 Å². The first-order chi connectivity index (χ1) is 13.2. The van der Waals surface area contributed by atoms with Crippen molar-refractivity contribution in [2.45, 2.75) is 26.4 Å². The van der Waals surface area contributed by atoms with Gasteiger partial charge in [-0.05, 0) is 55.5 Å². The highest BCUT2D eigenvalue weighted by Gasteiger charge is 2.26. The number of halogens is 1. The van der Waals surface area contributed by atoms with Crippen LogP contribution in [0.15, 0.2) is 48.5 Å². The van der Waals surface area contributed by atoms with Crippen LogP contribution >= 0.6 is 11.6 Å². The standard InChI is InChI=1S/C22H26ClNO3/c1-2-26-15-18-6-5-13-24(14-18)22(25)20-7-3-4-8-21(20)27-16-17-9-11-19(23)12-10-17/h3-4,7-12,18H,2,5-6,13-16H2,1H3. The SMILES string of the molecule is CCOCC1CCCN(C(=O)c2ccccc2OCc2ccc(Cl)cc2)C1. The number of hydrogen-bond acceptors (Lipinski definition) is 3. The Labute approximate surface area is 166 Å². The normalized spacial score (nSPS) is 17.0. The highest BCUT2D eigenvalue weighted by atomic mass is 35.5. The first-order valence-electron chi connectivity index (χ1n) is 9.50. The van der Waals surface area contributed by atoms with E-state index in [1.54, 1.807) is 0 Å². The lowest BCUT2D eigenvalue weighted by atomic mass is 9.98. The van der Waals surface area contributed by atoms with Crippen LogP contribution in [-0.2, 0) is 11.3 Å². The second kappa shape index (κ2) is 9.77. The Balaban J connectivity index is 1.67. The van der Waals surface area contributed by atoms with Gasteiger partial charge in [-0.1, -0.05) is 35.9 Å². The smallest absolute Gasteiger partial charge is 0.257 e. The number of likely N-dealkylation sites (tertiary alicyclic amines) is 1. The lowest BCUT2D eigenvalue weighted by molar-refractivity contribution is 0.0498. The van der Waals surface area contributed by atoms with E-state index >= 15 is 0 Å². The van der Waals surface area contributed by atoms with Crippen molar-refractivity contribution in [3.05, 3.63) is 64.7 Å². The van der Waals surface area contributed by atoms with E-state index in [1.807, 2.05) is 60.4 Å². The highest BCUT2D eigenvalue weighted by molar-refractivity contribution is 6.30. The van der Waals surface area contributed by atoms with E-state index in [-0.39, 0.29) is 5.91 Å². The van der Waals surface area contributed by atoms with Gasteiger partial charge in [-0.25, -0.2) is 0 Å². The molecule has 144 valence electrons. The minimum absolute atomic E-state index is 0.0305. The van der Waals surface area contributed by atoms with Crippen LogP contribution in [-0.4, -0.2) is 37.1 Å². The number of piperidine rings is 1. The zero-order valence-corrected chi connectivity index (χ0v) is 16.5. The summed E-state index contributed by atoms with van der Waals surface area (Å²) in [6.45, 7) is 5.35. The van der Waals surface area contributed by atoms with E-state index in [9.17, 15) is 4.79 Å². The summed E-state index contributed by atoms with van der Waals surface area (Å²) in [6.07, 6.45) is 2.12. The number of hydrogen-bond donors (Lipinski definition) is 0. The van der Waals surface area contributed by atoms with Gasteiger partial charge in [0.25, 0.3) is 5.91 Å². The summed E-state index contributed by atoms with van der Waals surface area (Å²) in [4.78, 5) is 15.0. The van der Waals surface area contributed by atoms with Gasteiger partial charge in [0.05, 0.1) is 12.2 Å². The number of para-hydroxylation sites is 1. The minimum atomic E-state index is 0.0305. The molecule has 0 bridgehead atoms. The van der Waals surface area contributed by atoms with Crippen molar-refractivity contribution in [3.8, 4) is 5.75 Å². The lowest BCUT2D eigenvalue weighted by Crippen LogP contribution is -2.41. The summed E-state index contributed by atoms with van der Waals surface area (Å²) in [5, 5.41) is 0.695. The molecule has 0 saturated carbocycles. The van der Waals surface area contributed by atoms with E-state index < -0.39 is 0 Å². The lowest BCUT2D eigenvalue weighted by Gasteiger charge is -2.33. The molecule has 2 aromatic rings. The molecule has 1 aliphatic heterocycles. The summed E-state index contributed by atoms with van der Waals surface area (Å²) >= 11 is 5.93. The molecule has 1 amide bonds. The Bertz CT molecular complexity index is 747. The number of rotatable bonds is 7. The Kier molecular flexibility index (Phi) is 7.13. The number of carbonyl (C=O) groups excluding carboxylic acids is 1. The molecule has 2 aromatic carbocycles. The molecule has 0 spiro atoms. The van der Waals surface area contributed by atoms with Crippen molar-refractivity contribution < 1.29 is 14.3 Å². The highest BCUT2D eigenvalue weighted by Crippen LogP contribution is 2.25. The monoisotopic (exact) mass is 387 g/mol. The number of ether oxygens (including phenoxy) is 2. The largest absolute Gasteiger partial charge is 0.488 e. The van der Waals surface area contributed by atoms with Gasteiger partial charge in [0.15, 0.2) is 0 Å². The Morgan fingerprint density at radius 1 is 1.19 bits per heavy atom. The second-order valence-corrected chi connectivity index (χ2v) is 7.27. The van der Waals surface area contributed by atoms with Crippen LogP contribution in [0.2, 0.25) is 5.02 Å². The maximum atomic E-state index is 13.1. The van der Waals surface area contributed by atoms with E-state index in [4.69, 9.17) is 21.1 Å². The average molecular weight is 388 g/mol. The molecule has 1 aliphatic rings. The molecule has 3 rings (SSSR count). The molecule has 1 unspecified atom stereocenters. The molecule has 0 N–H and O–H groups in total. The minimum Gasteiger partial charge on any atom is -0.488 e. The molecule has 5 heteroatoms. The van der Waals surface area contributed by atoms with Crippen molar-refractivity contribution in [2.75, 3.05) is 26.3 Å². The molecule has 0 aliphatic carbocycles.